The summed E-state index contributed by atoms with van der Waals surface area (Å²) < 4.78 is 1.99. The summed E-state index contributed by atoms with van der Waals surface area (Å²) in [7, 11) is 1.96. The summed E-state index contributed by atoms with van der Waals surface area (Å²) in [6.07, 6.45) is 6.13. The molecule has 0 radical (unpaired) electrons. The van der Waals surface area contributed by atoms with Crippen LogP contribution in [-0.2, 0) is 13.0 Å². The van der Waals surface area contributed by atoms with Crippen LogP contribution in [0.3, 0.4) is 0 Å². The topological polar surface area (TPSA) is 55.6 Å². The lowest BCUT2D eigenvalue weighted by atomic mass is 10.1. The Balaban J connectivity index is 2.13. The molecule has 1 unspecified atom stereocenters. The summed E-state index contributed by atoms with van der Waals surface area (Å²) in [4.78, 5) is 8.54. The molecule has 1 N–H and O–H groups in total. The SMILES string of the molecule is CNC(Cc1ncnn1CC(C)C)c1cccnc1. The highest BCUT2D eigenvalue weighted by Crippen LogP contribution is 2.16. The maximum absolute atomic E-state index is 4.37. The highest BCUT2D eigenvalue weighted by molar-refractivity contribution is 5.15. The summed E-state index contributed by atoms with van der Waals surface area (Å²) in [6.45, 7) is 5.27. The van der Waals surface area contributed by atoms with Crippen molar-refractivity contribution in [3.8, 4) is 0 Å². The van der Waals surface area contributed by atoms with Crippen molar-refractivity contribution >= 4 is 0 Å². The van der Waals surface area contributed by atoms with Crippen LogP contribution in [0.1, 0.15) is 31.3 Å². The van der Waals surface area contributed by atoms with E-state index in [0.717, 1.165) is 18.8 Å². The molecule has 0 aliphatic heterocycles. The fraction of sp³-hybridized carbons (Fsp3) is 0.500. The molecule has 0 saturated heterocycles. The second-order valence-corrected chi connectivity index (χ2v) is 5.08. The molecule has 0 saturated carbocycles. The van der Waals surface area contributed by atoms with E-state index in [2.05, 4.69) is 40.3 Å². The molecule has 5 nitrogen and oxygen atoms in total. The zero-order valence-corrected chi connectivity index (χ0v) is 11.7. The van der Waals surface area contributed by atoms with Gasteiger partial charge in [-0.3, -0.25) is 4.98 Å². The molecule has 2 aromatic heterocycles. The Morgan fingerprint density at radius 1 is 1.37 bits per heavy atom. The smallest absolute Gasteiger partial charge is 0.138 e. The van der Waals surface area contributed by atoms with Gasteiger partial charge < -0.3 is 5.32 Å². The number of nitrogens with one attached hydrogen (secondary N) is 1. The van der Waals surface area contributed by atoms with Gasteiger partial charge in [-0.2, -0.15) is 5.10 Å². The van der Waals surface area contributed by atoms with Gasteiger partial charge in [-0.1, -0.05) is 19.9 Å². The minimum atomic E-state index is 0.212. The number of rotatable bonds is 6. The number of nitrogens with zero attached hydrogens (tertiary/aromatic N) is 4. The molecule has 2 heterocycles. The van der Waals surface area contributed by atoms with Crippen LogP contribution in [0.15, 0.2) is 30.9 Å². The molecule has 0 aliphatic rings. The van der Waals surface area contributed by atoms with Crippen LogP contribution in [0.4, 0.5) is 0 Å². The first-order chi connectivity index (χ1) is 9.20. The van der Waals surface area contributed by atoms with Crippen molar-refractivity contribution in [3.63, 3.8) is 0 Å². The lowest BCUT2D eigenvalue weighted by Crippen LogP contribution is -2.22. The Hall–Kier alpha value is -1.75. The molecule has 1 atom stereocenters. The minimum Gasteiger partial charge on any atom is -0.313 e. The van der Waals surface area contributed by atoms with Gasteiger partial charge in [0.1, 0.15) is 12.2 Å². The van der Waals surface area contributed by atoms with E-state index in [1.807, 2.05) is 24.0 Å². The zero-order chi connectivity index (χ0) is 13.7. The predicted molar refractivity (Wildman–Crippen MR) is 74.6 cm³/mol. The molecule has 102 valence electrons. The number of likely N-dealkylation sites (N-methyl/N-ethyl adjacent to an activating group) is 1. The van der Waals surface area contributed by atoms with Crippen LogP contribution < -0.4 is 5.32 Å². The van der Waals surface area contributed by atoms with Crippen molar-refractivity contribution < 1.29 is 0 Å². The molecule has 0 aromatic carbocycles. The van der Waals surface area contributed by atoms with E-state index in [9.17, 15) is 0 Å². The highest BCUT2D eigenvalue weighted by atomic mass is 15.3. The largest absolute Gasteiger partial charge is 0.313 e. The van der Waals surface area contributed by atoms with Crippen molar-refractivity contribution in [2.45, 2.75) is 32.9 Å². The van der Waals surface area contributed by atoms with Gasteiger partial charge in [-0.15, -0.1) is 0 Å². The monoisotopic (exact) mass is 259 g/mol. The Labute approximate surface area is 114 Å². The molecule has 0 spiro atoms. The third-order valence-electron chi connectivity index (χ3n) is 3.06. The first kappa shape index (κ1) is 13.7. The predicted octanol–water partition coefficient (Wildman–Crippen LogP) is 1.83. The summed E-state index contributed by atoms with van der Waals surface area (Å²) in [5.41, 5.74) is 1.17. The van der Waals surface area contributed by atoms with Crippen molar-refractivity contribution in [3.05, 3.63) is 42.2 Å². The summed E-state index contributed by atoms with van der Waals surface area (Å²) in [5, 5.41) is 7.62. The van der Waals surface area contributed by atoms with Crippen LogP contribution in [-0.4, -0.2) is 26.8 Å². The van der Waals surface area contributed by atoms with Gasteiger partial charge in [0.25, 0.3) is 0 Å². The molecular formula is C14H21N5. The van der Waals surface area contributed by atoms with Gasteiger partial charge in [0.05, 0.1) is 0 Å². The van der Waals surface area contributed by atoms with Gasteiger partial charge in [0, 0.05) is 31.4 Å². The molecule has 0 aliphatic carbocycles. The molecular weight excluding hydrogens is 238 g/mol. The van der Waals surface area contributed by atoms with E-state index in [1.54, 1.807) is 12.5 Å². The molecule has 0 fully saturated rings. The molecule has 2 rings (SSSR count). The lowest BCUT2D eigenvalue weighted by Gasteiger charge is -2.16. The Bertz CT molecular complexity index is 492. The van der Waals surface area contributed by atoms with E-state index in [4.69, 9.17) is 0 Å². The van der Waals surface area contributed by atoms with Crippen LogP contribution in [0, 0.1) is 5.92 Å². The minimum absolute atomic E-state index is 0.212. The second-order valence-electron chi connectivity index (χ2n) is 5.08. The van der Waals surface area contributed by atoms with Crippen LogP contribution in [0.2, 0.25) is 0 Å². The van der Waals surface area contributed by atoms with Crippen molar-refractivity contribution in [1.29, 1.82) is 0 Å². The van der Waals surface area contributed by atoms with E-state index >= 15 is 0 Å². The standard InChI is InChI=1S/C14H21N5/c1-11(2)9-19-14(17-10-18-19)7-13(15-3)12-5-4-6-16-8-12/h4-6,8,10-11,13,15H,7,9H2,1-3H3. The van der Waals surface area contributed by atoms with E-state index in [1.165, 1.54) is 5.56 Å². The lowest BCUT2D eigenvalue weighted by molar-refractivity contribution is 0.451. The van der Waals surface area contributed by atoms with Crippen molar-refractivity contribution in [2.75, 3.05) is 7.05 Å². The second kappa shape index (κ2) is 6.43. The van der Waals surface area contributed by atoms with Crippen molar-refractivity contribution in [1.82, 2.24) is 25.1 Å². The summed E-state index contributed by atoms with van der Waals surface area (Å²) >= 11 is 0. The van der Waals surface area contributed by atoms with Gasteiger partial charge in [-0.25, -0.2) is 9.67 Å². The third kappa shape index (κ3) is 3.61. The fourth-order valence-electron chi connectivity index (χ4n) is 2.10. The Kier molecular flexibility index (Phi) is 4.63. The maximum atomic E-state index is 4.37. The zero-order valence-electron chi connectivity index (χ0n) is 11.7. The number of pyridine rings is 1. The molecule has 2 aromatic rings. The van der Waals surface area contributed by atoms with Gasteiger partial charge in [-0.05, 0) is 24.6 Å². The quantitative estimate of drug-likeness (QED) is 0.860. The molecule has 0 amide bonds. The van der Waals surface area contributed by atoms with E-state index < -0.39 is 0 Å². The molecule has 19 heavy (non-hydrogen) atoms. The number of hydrogen-bond donors (Lipinski definition) is 1. The third-order valence-corrected chi connectivity index (χ3v) is 3.06. The number of hydrogen-bond acceptors (Lipinski definition) is 4. The number of aromatic nitrogens is 4. The Morgan fingerprint density at radius 3 is 2.84 bits per heavy atom. The van der Waals surface area contributed by atoms with Gasteiger partial charge >= 0.3 is 0 Å². The van der Waals surface area contributed by atoms with Crippen LogP contribution >= 0.6 is 0 Å². The first-order valence-corrected chi connectivity index (χ1v) is 6.64. The normalized spacial score (nSPS) is 12.8. The Morgan fingerprint density at radius 2 is 2.21 bits per heavy atom. The van der Waals surface area contributed by atoms with Crippen LogP contribution in [0.25, 0.3) is 0 Å². The van der Waals surface area contributed by atoms with Crippen molar-refractivity contribution in [2.24, 2.45) is 5.92 Å². The van der Waals surface area contributed by atoms with Gasteiger partial charge in [0.15, 0.2) is 0 Å². The fourth-order valence-corrected chi connectivity index (χ4v) is 2.10. The van der Waals surface area contributed by atoms with Crippen LogP contribution in [0.5, 0.6) is 0 Å². The average Bonchev–Trinajstić information content (AvgIpc) is 2.83. The average molecular weight is 259 g/mol. The molecule has 5 heteroatoms. The van der Waals surface area contributed by atoms with E-state index in [-0.39, 0.29) is 6.04 Å². The summed E-state index contributed by atoms with van der Waals surface area (Å²) in [6, 6.07) is 4.25. The first-order valence-electron chi connectivity index (χ1n) is 6.64. The maximum Gasteiger partial charge on any atom is 0.138 e. The summed E-state index contributed by atoms with van der Waals surface area (Å²) in [5.74, 6) is 1.57. The molecule has 0 bridgehead atoms. The highest BCUT2D eigenvalue weighted by Gasteiger charge is 2.14. The van der Waals surface area contributed by atoms with E-state index in [0.29, 0.717) is 5.92 Å². The van der Waals surface area contributed by atoms with Gasteiger partial charge in [0.2, 0.25) is 0 Å².